The zero-order valence-electron chi connectivity index (χ0n) is 26.4. The van der Waals surface area contributed by atoms with Crippen LogP contribution in [-0.4, -0.2) is 65.0 Å². The Balaban J connectivity index is 1.43. The molecule has 1 aliphatic heterocycles. The van der Waals surface area contributed by atoms with Gasteiger partial charge in [0.1, 0.15) is 29.6 Å². The number of hydrogen-bond donors (Lipinski definition) is 5. The van der Waals surface area contributed by atoms with E-state index in [1.807, 2.05) is 38.1 Å². The molecule has 12 nitrogen and oxygen atoms in total. The van der Waals surface area contributed by atoms with E-state index in [9.17, 15) is 24.9 Å². The van der Waals surface area contributed by atoms with Crippen LogP contribution in [0.25, 0.3) is 22.1 Å². The fourth-order valence-corrected chi connectivity index (χ4v) is 5.99. The maximum absolute atomic E-state index is 13.3. The summed E-state index contributed by atoms with van der Waals surface area (Å²) >= 11 is 0. The molecule has 0 spiro atoms. The summed E-state index contributed by atoms with van der Waals surface area (Å²) in [5, 5.41) is 34.4. The van der Waals surface area contributed by atoms with E-state index in [2.05, 4.69) is 5.32 Å². The minimum absolute atomic E-state index is 0.000433. The number of anilines is 1. The van der Waals surface area contributed by atoms with E-state index >= 15 is 0 Å². The summed E-state index contributed by atoms with van der Waals surface area (Å²) in [5.41, 5.74) is 7.53. The van der Waals surface area contributed by atoms with E-state index in [4.69, 9.17) is 29.1 Å². The molecule has 0 saturated carbocycles. The van der Waals surface area contributed by atoms with Crippen molar-refractivity contribution in [3.8, 4) is 22.6 Å². The van der Waals surface area contributed by atoms with Crippen LogP contribution in [0.4, 0.5) is 5.69 Å². The molecular weight excluding hydrogens is 596 g/mol. The summed E-state index contributed by atoms with van der Waals surface area (Å²) < 4.78 is 28.3. The minimum Gasteiger partial charge on any atom is -0.505 e. The van der Waals surface area contributed by atoms with Gasteiger partial charge in [-0.1, -0.05) is 30.3 Å². The number of aromatic hydroxyl groups is 1. The second-order valence-electron chi connectivity index (χ2n) is 11.8. The largest absolute Gasteiger partial charge is 0.505 e. The highest BCUT2D eigenvalue weighted by atomic mass is 16.7. The van der Waals surface area contributed by atoms with E-state index in [-0.39, 0.29) is 22.3 Å². The van der Waals surface area contributed by atoms with Crippen LogP contribution in [-0.2, 0) is 14.2 Å². The molecule has 3 aromatic carbocycles. The SMILES string of the molecule is CO[C@@H]1[C@@H](OC(N)O)[C@@H](O)[C@H](Oc2ccc3c(O)c(NC(=O)c4cccc(-c5c(C)cccc5C)c4)c(=O)oc3c2C)OC1(C)C. The number of nitrogens with one attached hydrogen (secondary N) is 1. The van der Waals surface area contributed by atoms with Gasteiger partial charge in [-0.25, -0.2) is 4.79 Å². The smallest absolute Gasteiger partial charge is 0.364 e. The number of hydrogen-bond acceptors (Lipinski definition) is 11. The molecule has 1 unspecified atom stereocenters. The van der Waals surface area contributed by atoms with Gasteiger partial charge in [-0.2, -0.15) is 0 Å². The molecule has 5 atom stereocenters. The van der Waals surface area contributed by atoms with Gasteiger partial charge in [-0.3, -0.25) is 10.5 Å². The first-order chi connectivity index (χ1) is 21.7. The molecule has 12 heteroatoms. The summed E-state index contributed by atoms with van der Waals surface area (Å²) in [6.45, 7) is 8.97. The Morgan fingerprint density at radius 1 is 1.07 bits per heavy atom. The molecule has 1 fully saturated rings. The number of rotatable bonds is 8. The van der Waals surface area contributed by atoms with Crippen LogP contribution in [0.15, 0.2) is 63.8 Å². The maximum atomic E-state index is 13.3. The zero-order valence-corrected chi connectivity index (χ0v) is 26.4. The lowest BCUT2D eigenvalue weighted by atomic mass is 9.89. The van der Waals surface area contributed by atoms with Gasteiger partial charge < -0.3 is 44.0 Å². The summed E-state index contributed by atoms with van der Waals surface area (Å²) in [7, 11) is 1.41. The second kappa shape index (κ2) is 12.8. The van der Waals surface area contributed by atoms with Gasteiger partial charge in [-0.15, -0.1) is 0 Å². The first-order valence-corrected chi connectivity index (χ1v) is 14.6. The topological polar surface area (TPSA) is 183 Å². The van der Waals surface area contributed by atoms with Crippen molar-refractivity contribution >= 4 is 22.6 Å². The normalized spacial score (nSPS) is 21.6. The highest BCUT2D eigenvalue weighted by Gasteiger charge is 2.52. The summed E-state index contributed by atoms with van der Waals surface area (Å²) in [6, 6.07) is 15.9. The van der Waals surface area contributed by atoms with Crippen molar-refractivity contribution < 1.29 is 43.5 Å². The van der Waals surface area contributed by atoms with Crippen molar-refractivity contribution in [3.05, 3.63) is 87.3 Å². The summed E-state index contributed by atoms with van der Waals surface area (Å²) in [5.74, 6) is -0.923. The van der Waals surface area contributed by atoms with Crippen molar-refractivity contribution in [2.45, 2.75) is 71.2 Å². The number of nitrogens with two attached hydrogens (primary N) is 1. The quantitative estimate of drug-likeness (QED) is 0.140. The fraction of sp³-hybridized carbons (Fsp3) is 0.353. The summed E-state index contributed by atoms with van der Waals surface area (Å²) in [4.78, 5) is 26.4. The lowest BCUT2D eigenvalue weighted by molar-refractivity contribution is -0.329. The van der Waals surface area contributed by atoms with Gasteiger partial charge in [0.2, 0.25) is 12.7 Å². The van der Waals surface area contributed by atoms with E-state index in [0.29, 0.717) is 5.56 Å². The first kappa shape index (κ1) is 33.1. The Morgan fingerprint density at radius 3 is 2.39 bits per heavy atom. The van der Waals surface area contributed by atoms with Crippen LogP contribution in [0.3, 0.4) is 0 Å². The molecule has 46 heavy (non-hydrogen) atoms. The van der Waals surface area contributed by atoms with Gasteiger partial charge in [0, 0.05) is 18.2 Å². The van der Waals surface area contributed by atoms with Crippen LogP contribution in [0.5, 0.6) is 11.5 Å². The number of carbonyl (C=O) groups excluding carboxylic acids is 1. The predicted octanol–water partition coefficient (Wildman–Crippen LogP) is 3.85. The molecule has 1 amide bonds. The van der Waals surface area contributed by atoms with Gasteiger partial charge in [0.25, 0.3) is 5.91 Å². The molecule has 0 bridgehead atoms. The highest BCUT2D eigenvalue weighted by Crippen LogP contribution is 2.39. The molecule has 2 heterocycles. The molecular formula is C34H38N2O10. The number of aliphatic hydroxyl groups excluding tert-OH is 2. The second-order valence-corrected chi connectivity index (χ2v) is 11.8. The number of fused-ring (bicyclic) bond motifs is 1. The Labute approximate surface area is 265 Å². The average molecular weight is 635 g/mol. The molecule has 6 N–H and O–H groups in total. The molecule has 1 saturated heterocycles. The monoisotopic (exact) mass is 634 g/mol. The van der Waals surface area contributed by atoms with Crippen molar-refractivity contribution in [3.63, 3.8) is 0 Å². The number of aryl methyl sites for hydroxylation is 3. The minimum atomic E-state index is -1.69. The number of benzene rings is 3. The molecule has 1 aliphatic rings. The van der Waals surface area contributed by atoms with Crippen molar-refractivity contribution in [2.24, 2.45) is 5.73 Å². The van der Waals surface area contributed by atoms with Gasteiger partial charge >= 0.3 is 5.63 Å². The van der Waals surface area contributed by atoms with Gasteiger partial charge in [0.15, 0.2) is 11.4 Å². The maximum Gasteiger partial charge on any atom is 0.364 e. The molecule has 4 aromatic rings. The molecule has 0 radical (unpaired) electrons. The number of carbonyl (C=O) groups is 1. The standard InChI is InChI=1S/C34H38N2O10/c1-16-9-7-10-17(2)23(16)19-11-8-12-20(15-19)30(39)36-24-25(37)21-13-14-22(18(3)27(21)44-31(24)40)43-32-26(38)28(45-33(35)41)29(42-6)34(4,5)46-32/h7-15,26,28-29,32-33,37-38,41H,35H2,1-6H3,(H,36,39)/t26-,28+,29-,32-,33?/m1/s1. The third-order valence-electron chi connectivity index (χ3n) is 8.19. The Kier molecular flexibility index (Phi) is 9.23. The van der Waals surface area contributed by atoms with Crippen molar-refractivity contribution in [1.82, 2.24) is 0 Å². The lowest BCUT2D eigenvalue weighted by Crippen LogP contribution is -2.65. The van der Waals surface area contributed by atoms with Crippen LogP contribution >= 0.6 is 0 Å². The molecule has 5 rings (SSSR count). The van der Waals surface area contributed by atoms with E-state index in [0.717, 1.165) is 22.3 Å². The Hall–Kier alpha value is -4.30. The van der Waals surface area contributed by atoms with E-state index < -0.39 is 59.6 Å². The molecule has 244 valence electrons. The lowest BCUT2D eigenvalue weighted by Gasteiger charge is -2.48. The fourth-order valence-electron chi connectivity index (χ4n) is 5.99. The summed E-state index contributed by atoms with van der Waals surface area (Å²) in [6.07, 6.45) is -6.37. The zero-order chi connectivity index (χ0) is 33.5. The van der Waals surface area contributed by atoms with Crippen LogP contribution < -0.4 is 21.4 Å². The Bertz CT molecular complexity index is 1810. The number of methoxy groups -OCH3 is 1. The Morgan fingerprint density at radius 2 is 1.74 bits per heavy atom. The van der Waals surface area contributed by atoms with Crippen molar-refractivity contribution in [2.75, 3.05) is 12.4 Å². The van der Waals surface area contributed by atoms with Crippen molar-refractivity contribution in [1.29, 1.82) is 0 Å². The average Bonchev–Trinajstić information content (AvgIpc) is 2.99. The predicted molar refractivity (Wildman–Crippen MR) is 170 cm³/mol. The third-order valence-corrected chi connectivity index (χ3v) is 8.19. The van der Waals surface area contributed by atoms with Crippen LogP contribution in [0.2, 0.25) is 0 Å². The highest BCUT2D eigenvalue weighted by molar-refractivity contribution is 6.07. The third kappa shape index (κ3) is 6.23. The van der Waals surface area contributed by atoms with E-state index in [1.165, 1.54) is 19.2 Å². The van der Waals surface area contributed by atoms with Crippen LogP contribution in [0.1, 0.15) is 40.9 Å². The van der Waals surface area contributed by atoms with Gasteiger partial charge in [-0.05, 0) is 81.1 Å². The van der Waals surface area contributed by atoms with Crippen LogP contribution in [0, 0.1) is 20.8 Å². The molecule has 1 aromatic heterocycles. The van der Waals surface area contributed by atoms with E-state index in [1.54, 1.807) is 39.0 Å². The molecule has 0 aliphatic carbocycles. The first-order valence-electron chi connectivity index (χ1n) is 14.6. The number of aliphatic hydroxyl groups is 2. The number of amides is 1. The van der Waals surface area contributed by atoms with Gasteiger partial charge in [0.05, 0.1) is 11.0 Å². The number of ether oxygens (including phenoxy) is 4.